The predicted molar refractivity (Wildman–Crippen MR) is 86.6 cm³/mol. The number of carbonyl (C=O) groups excluding carboxylic acids is 1. The summed E-state index contributed by atoms with van der Waals surface area (Å²) in [5, 5.41) is 9.47. The number of hydrogen-bond donors (Lipinski definition) is 1. The number of aliphatic hydroxyl groups excluding tert-OH is 1. The van der Waals surface area contributed by atoms with Crippen molar-refractivity contribution in [2.75, 3.05) is 32.7 Å². The molecule has 126 valence electrons. The van der Waals surface area contributed by atoms with Crippen molar-refractivity contribution in [2.45, 2.75) is 37.7 Å². The molecule has 4 nitrogen and oxygen atoms in total. The third-order valence-electron chi connectivity index (χ3n) is 5.20. The maximum Gasteiger partial charge on any atom is 0.233 e. The third-order valence-corrected chi connectivity index (χ3v) is 5.20. The van der Waals surface area contributed by atoms with Gasteiger partial charge in [-0.25, -0.2) is 4.39 Å². The molecule has 5 heteroatoms. The Kier molecular flexibility index (Phi) is 4.69. The van der Waals surface area contributed by atoms with Gasteiger partial charge in [-0.3, -0.25) is 9.69 Å². The number of halogens is 1. The van der Waals surface area contributed by atoms with Crippen molar-refractivity contribution in [3.63, 3.8) is 0 Å². The maximum atomic E-state index is 13.2. The van der Waals surface area contributed by atoms with Crippen LogP contribution in [0, 0.1) is 5.82 Å². The van der Waals surface area contributed by atoms with Crippen LogP contribution in [0.5, 0.6) is 0 Å². The van der Waals surface area contributed by atoms with Crippen LogP contribution in [0.15, 0.2) is 24.3 Å². The summed E-state index contributed by atoms with van der Waals surface area (Å²) in [5.41, 5.74) is 0.502. The smallest absolute Gasteiger partial charge is 0.233 e. The highest BCUT2D eigenvalue weighted by atomic mass is 19.1. The molecular weight excluding hydrogens is 295 g/mol. The quantitative estimate of drug-likeness (QED) is 0.919. The van der Waals surface area contributed by atoms with Crippen LogP contribution in [0.4, 0.5) is 4.39 Å². The van der Waals surface area contributed by atoms with E-state index in [1.165, 1.54) is 12.1 Å². The normalized spacial score (nSPS) is 22.5. The highest BCUT2D eigenvalue weighted by Crippen LogP contribution is 2.45. The van der Waals surface area contributed by atoms with Gasteiger partial charge < -0.3 is 10.0 Å². The lowest BCUT2D eigenvalue weighted by Gasteiger charge is -2.46. The molecule has 1 amide bonds. The minimum Gasteiger partial charge on any atom is -0.392 e. The van der Waals surface area contributed by atoms with E-state index >= 15 is 0 Å². The fraction of sp³-hybridized carbons (Fsp3) is 0.611. The molecule has 1 aliphatic carbocycles. The molecule has 2 fully saturated rings. The van der Waals surface area contributed by atoms with Crippen molar-refractivity contribution in [3.8, 4) is 0 Å². The van der Waals surface area contributed by atoms with E-state index in [-0.39, 0.29) is 17.8 Å². The van der Waals surface area contributed by atoms with Gasteiger partial charge in [-0.2, -0.15) is 0 Å². The second-order valence-corrected chi connectivity index (χ2v) is 6.88. The maximum absolute atomic E-state index is 13.2. The number of carbonyl (C=O) groups is 1. The average Bonchev–Trinajstić information content (AvgIpc) is 2.48. The lowest BCUT2D eigenvalue weighted by atomic mass is 9.63. The van der Waals surface area contributed by atoms with Gasteiger partial charge in [-0.05, 0) is 37.5 Å². The number of aliphatic hydroxyl groups is 1. The monoisotopic (exact) mass is 320 g/mol. The first-order valence-electron chi connectivity index (χ1n) is 8.47. The minimum atomic E-state index is -0.444. The number of hydrogen-bond acceptors (Lipinski definition) is 3. The van der Waals surface area contributed by atoms with Crippen molar-refractivity contribution in [3.05, 3.63) is 35.6 Å². The molecule has 1 heterocycles. The summed E-state index contributed by atoms with van der Waals surface area (Å²) < 4.78 is 13.2. The van der Waals surface area contributed by atoms with Crippen LogP contribution in [0.3, 0.4) is 0 Å². The molecule has 2 aliphatic rings. The molecule has 1 saturated heterocycles. The first kappa shape index (κ1) is 16.4. The molecule has 23 heavy (non-hydrogen) atoms. The highest BCUT2D eigenvalue weighted by molar-refractivity contribution is 5.89. The lowest BCUT2D eigenvalue weighted by molar-refractivity contribution is -0.142. The van der Waals surface area contributed by atoms with E-state index in [1.54, 1.807) is 19.1 Å². The molecule has 0 unspecified atom stereocenters. The van der Waals surface area contributed by atoms with Gasteiger partial charge >= 0.3 is 0 Å². The molecule has 0 bridgehead atoms. The first-order chi connectivity index (χ1) is 11.0. The van der Waals surface area contributed by atoms with E-state index in [4.69, 9.17) is 0 Å². The second kappa shape index (κ2) is 6.57. The second-order valence-electron chi connectivity index (χ2n) is 6.88. The van der Waals surface area contributed by atoms with Crippen LogP contribution in [0.25, 0.3) is 0 Å². The fourth-order valence-corrected chi connectivity index (χ4v) is 3.74. The van der Waals surface area contributed by atoms with E-state index in [1.807, 2.05) is 4.90 Å². The summed E-state index contributed by atoms with van der Waals surface area (Å²) in [6, 6.07) is 6.42. The van der Waals surface area contributed by atoms with Crippen molar-refractivity contribution in [2.24, 2.45) is 0 Å². The summed E-state index contributed by atoms with van der Waals surface area (Å²) in [5.74, 6) is -0.0746. The molecule has 1 aromatic carbocycles. The molecule has 1 N–H and O–H groups in total. The first-order valence-corrected chi connectivity index (χ1v) is 8.47. The predicted octanol–water partition coefficient (Wildman–Crippen LogP) is 1.77. The Morgan fingerprint density at radius 1 is 1.22 bits per heavy atom. The van der Waals surface area contributed by atoms with E-state index in [0.717, 1.165) is 37.9 Å². The van der Waals surface area contributed by atoms with Gasteiger partial charge in [-0.15, -0.1) is 0 Å². The number of nitrogens with zero attached hydrogens (tertiary/aromatic N) is 2. The summed E-state index contributed by atoms with van der Waals surface area (Å²) in [4.78, 5) is 17.2. The van der Waals surface area contributed by atoms with Gasteiger partial charge in [0, 0.05) is 32.7 Å². The van der Waals surface area contributed by atoms with Crippen LogP contribution in [-0.4, -0.2) is 59.6 Å². The zero-order chi connectivity index (χ0) is 16.4. The van der Waals surface area contributed by atoms with Gasteiger partial charge in [0.2, 0.25) is 5.91 Å². The van der Waals surface area contributed by atoms with Crippen LogP contribution >= 0.6 is 0 Å². The molecular formula is C18H25FN2O2. The Morgan fingerprint density at radius 2 is 1.83 bits per heavy atom. The van der Waals surface area contributed by atoms with E-state index in [0.29, 0.717) is 19.6 Å². The standard InChI is InChI=1S/C18H25FN2O2/c1-14(22)13-20-9-11-21(12-10-20)17(23)18(7-2-8-18)15-3-5-16(19)6-4-15/h3-6,14,22H,2,7-13H2,1H3/t14-/m1/s1. The van der Waals surface area contributed by atoms with Gasteiger partial charge in [0.1, 0.15) is 5.82 Å². The molecule has 3 rings (SSSR count). The number of piperazine rings is 1. The lowest BCUT2D eigenvalue weighted by Crippen LogP contribution is -2.57. The van der Waals surface area contributed by atoms with Crippen LogP contribution in [0.2, 0.25) is 0 Å². The van der Waals surface area contributed by atoms with Gasteiger partial charge in [-0.1, -0.05) is 18.6 Å². The van der Waals surface area contributed by atoms with Gasteiger partial charge in [0.05, 0.1) is 11.5 Å². The van der Waals surface area contributed by atoms with Gasteiger partial charge in [0.25, 0.3) is 0 Å². The van der Waals surface area contributed by atoms with E-state index in [2.05, 4.69) is 4.90 Å². The van der Waals surface area contributed by atoms with Crippen molar-refractivity contribution >= 4 is 5.91 Å². The summed E-state index contributed by atoms with van der Waals surface area (Å²) in [7, 11) is 0. The summed E-state index contributed by atoms with van der Waals surface area (Å²) in [6.45, 7) is 5.45. The van der Waals surface area contributed by atoms with Crippen LogP contribution in [-0.2, 0) is 10.2 Å². The Labute approximate surface area is 136 Å². The van der Waals surface area contributed by atoms with Crippen LogP contribution < -0.4 is 0 Å². The van der Waals surface area contributed by atoms with E-state index in [9.17, 15) is 14.3 Å². The van der Waals surface area contributed by atoms with Crippen molar-refractivity contribution < 1.29 is 14.3 Å². The number of rotatable bonds is 4. The zero-order valence-corrected chi connectivity index (χ0v) is 13.7. The summed E-state index contributed by atoms with van der Waals surface area (Å²) in [6.07, 6.45) is 2.41. The molecule has 1 aromatic rings. The highest BCUT2D eigenvalue weighted by Gasteiger charge is 2.47. The Balaban J connectivity index is 1.68. The molecule has 0 spiro atoms. The third kappa shape index (κ3) is 3.26. The summed E-state index contributed by atoms with van der Waals surface area (Å²) >= 11 is 0. The molecule has 1 atom stereocenters. The average molecular weight is 320 g/mol. The topological polar surface area (TPSA) is 43.8 Å². The van der Waals surface area contributed by atoms with Crippen molar-refractivity contribution in [1.29, 1.82) is 0 Å². The Hall–Kier alpha value is -1.46. The molecule has 1 aliphatic heterocycles. The fourth-order valence-electron chi connectivity index (χ4n) is 3.74. The molecule has 0 radical (unpaired) electrons. The SMILES string of the molecule is C[C@@H](O)CN1CCN(C(=O)C2(c3ccc(F)cc3)CCC2)CC1. The van der Waals surface area contributed by atoms with Crippen molar-refractivity contribution in [1.82, 2.24) is 9.80 Å². The molecule has 0 aromatic heterocycles. The number of β-amino-alcohol motifs (C(OH)–C–C–N with tert-alkyl or cyclic N) is 1. The van der Waals surface area contributed by atoms with Crippen LogP contribution in [0.1, 0.15) is 31.7 Å². The van der Waals surface area contributed by atoms with E-state index < -0.39 is 5.41 Å². The molecule has 1 saturated carbocycles. The largest absolute Gasteiger partial charge is 0.392 e. The number of benzene rings is 1. The minimum absolute atomic E-state index is 0.187. The zero-order valence-electron chi connectivity index (χ0n) is 13.7. The Bertz CT molecular complexity index is 547. The van der Waals surface area contributed by atoms with Gasteiger partial charge in [0.15, 0.2) is 0 Å². The number of amides is 1. The Morgan fingerprint density at radius 3 is 2.30 bits per heavy atom.